The molecule has 2 amide bonds. The van der Waals surface area contributed by atoms with Crippen molar-refractivity contribution in [3.05, 3.63) is 0 Å². The molecule has 0 aromatic carbocycles. The molecule has 0 aromatic heterocycles. The van der Waals surface area contributed by atoms with Gasteiger partial charge in [0.2, 0.25) is 11.8 Å². The third kappa shape index (κ3) is 5.11. The van der Waals surface area contributed by atoms with Gasteiger partial charge in [-0.1, -0.05) is 19.8 Å². The number of carbonyl (C=O) groups is 2. The summed E-state index contributed by atoms with van der Waals surface area (Å²) in [6.45, 7) is 3.70. The average Bonchev–Trinajstić information content (AvgIpc) is 2.24. The van der Waals surface area contributed by atoms with Crippen LogP contribution in [0, 0.1) is 0 Å². The summed E-state index contributed by atoms with van der Waals surface area (Å²) in [7, 11) is 3.31. The van der Waals surface area contributed by atoms with E-state index >= 15 is 0 Å². The van der Waals surface area contributed by atoms with Crippen molar-refractivity contribution < 1.29 is 9.59 Å². The number of nitrogens with one attached hydrogen (secondary N) is 1. The van der Waals surface area contributed by atoms with E-state index in [1.165, 1.54) is 4.90 Å². The minimum absolute atomic E-state index is 0.129. The Bertz CT molecular complexity index is 241. The highest BCUT2D eigenvalue weighted by molar-refractivity contribution is 5.89. The third-order valence-electron chi connectivity index (χ3n) is 2.38. The molecule has 0 bridgehead atoms. The molecular formula is C11H23N3O2. The monoisotopic (exact) mass is 229 g/mol. The highest BCUT2D eigenvalue weighted by Crippen LogP contribution is 1.99. The summed E-state index contributed by atoms with van der Waals surface area (Å²) in [5.74, 6) is -0.382. The van der Waals surface area contributed by atoms with Gasteiger partial charge in [-0.05, 0) is 13.3 Å². The van der Waals surface area contributed by atoms with Gasteiger partial charge in [-0.2, -0.15) is 0 Å². The van der Waals surface area contributed by atoms with E-state index in [4.69, 9.17) is 5.73 Å². The van der Waals surface area contributed by atoms with Gasteiger partial charge in [0.25, 0.3) is 0 Å². The Morgan fingerprint density at radius 1 is 1.38 bits per heavy atom. The van der Waals surface area contributed by atoms with E-state index in [1.54, 1.807) is 21.0 Å². The molecule has 0 saturated heterocycles. The molecule has 94 valence electrons. The third-order valence-corrected chi connectivity index (χ3v) is 2.38. The molecule has 1 unspecified atom stereocenters. The number of nitrogens with two attached hydrogens (primary N) is 1. The molecule has 16 heavy (non-hydrogen) atoms. The van der Waals surface area contributed by atoms with Crippen molar-refractivity contribution in [3.8, 4) is 0 Å². The minimum Gasteiger partial charge on any atom is -0.347 e. The van der Waals surface area contributed by atoms with E-state index in [9.17, 15) is 9.59 Å². The SMILES string of the molecule is CCCC[C@H](N)C(=O)NC(C)C(=O)N(C)C. The number of carbonyl (C=O) groups excluding carboxylic acids is 2. The molecule has 3 N–H and O–H groups in total. The fourth-order valence-electron chi connectivity index (χ4n) is 1.32. The first-order valence-corrected chi connectivity index (χ1v) is 5.67. The van der Waals surface area contributed by atoms with Crippen molar-refractivity contribution >= 4 is 11.8 Å². The van der Waals surface area contributed by atoms with Gasteiger partial charge in [-0.25, -0.2) is 0 Å². The van der Waals surface area contributed by atoms with E-state index in [0.29, 0.717) is 6.42 Å². The van der Waals surface area contributed by atoms with Gasteiger partial charge in [-0.15, -0.1) is 0 Å². The molecule has 0 radical (unpaired) electrons. The highest BCUT2D eigenvalue weighted by Gasteiger charge is 2.20. The number of nitrogens with zero attached hydrogens (tertiary/aromatic N) is 1. The molecule has 2 atom stereocenters. The summed E-state index contributed by atoms with van der Waals surface area (Å²) < 4.78 is 0. The lowest BCUT2D eigenvalue weighted by Crippen LogP contribution is -2.49. The second kappa shape index (κ2) is 7.22. The fourth-order valence-corrected chi connectivity index (χ4v) is 1.32. The van der Waals surface area contributed by atoms with E-state index in [-0.39, 0.29) is 11.8 Å². The lowest BCUT2D eigenvalue weighted by molar-refractivity contribution is -0.134. The summed E-state index contributed by atoms with van der Waals surface area (Å²) in [5.41, 5.74) is 5.69. The number of hydrogen-bond acceptors (Lipinski definition) is 3. The normalized spacial score (nSPS) is 14.1. The number of amides is 2. The first kappa shape index (κ1) is 14.9. The van der Waals surface area contributed by atoms with Crippen LogP contribution in [-0.4, -0.2) is 42.9 Å². The molecule has 5 nitrogen and oxygen atoms in total. The lowest BCUT2D eigenvalue weighted by Gasteiger charge is -2.20. The molecule has 0 fully saturated rings. The van der Waals surface area contributed by atoms with Crippen molar-refractivity contribution in [1.82, 2.24) is 10.2 Å². The van der Waals surface area contributed by atoms with Gasteiger partial charge in [-0.3, -0.25) is 9.59 Å². The lowest BCUT2D eigenvalue weighted by atomic mass is 10.1. The Hall–Kier alpha value is -1.10. The van der Waals surface area contributed by atoms with Crippen molar-refractivity contribution in [2.24, 2.45) is 5.73 Å². The Morgan fingerprint density at radius 2 is 1.94 bits per heavy atom. The van der Waals surface area contributed by atoms with Crippen LogP contribution in [0.4, 0.5) is 0 Å². The van der Waals surface area contributed by atoms with Gasteiger partial charge in [0.1, 0.15) is 6.04 Å². The average molecular weight is 229 g/mol. The van der Waals surface area contributed by atoms with E-state index in [2.05, 4.69) is 5.32 Å². The standard InChI is InChI=1S/C11H23N3O2/c1-5-6-7-9(12)10(15)13-8(2)11(16)14(3)4/h8-9H,5-7,12H2,1-4H3,(H,13,15)/t8?,9-/m0/s1. The van der Waals surface area contributed by atoms with E-state index in [1.807, 2.05) is 6.92 Å². The summed E-state index contributed by atoms with van der Waals surface area (Å²) >= 11 is 0. The largest absolute Gasteiger partial charge is 0.347 e. The number of unbranched alkanes of at least 4 members (excludes halogenated alkanes) is 1. The molecule has 0 aliphatic carbocycles. The molecule has 0 aliphatic rings. The van der Waals surface area contributed by atoms with Crippen LogP contribution in [0.25, 0.3) is 0 Å². The second-order valence-electron chi connectivity index (χ2n) is 4.21. The molecule has 0 heterocycles. The summed E-state index contributed by atoms with van der Waals surface area (Å²) in [4.78, 5) is 24.5. The topological polar surface area (TPSA) is 75.4 Å². The summed E-state index contributed by atoms with van der Waals surface area (Å²) in [5, 5.41) is 2.61. The molecular weight excluding hydrogens is 206 g/mol. The molecule has 0 rings (SSSR count). The van der Waals surface area contributed by atoms with Crippen molar-refractivity contribution in [2.45, 2.75) is 45.2 Å². The van der Waals surface area contributed by atoms with Crippen LogP contribution in [0.3, 0.4) is 0 Å². The highest BCUT2D eigenvalue weighted by atomic mass is 16.2. The summed E-state index contributed by atoms with van der Waals surface area (Å²) in [6.07, 6.45) is 2.59. The van der Waals surface area contributed by atoms with Crippen LogP contribution in [0.5, 0.6) is 0 Å². The molecule has 5 heteroatoms. The van der Waals surface area contributed by atoms with Crippen LogP contribution in [0.2, 0.25) is 0 Å². The summed E-state index contributed by atoms with van der Waals surface area (Å²) in [6, 6.07) is -1.03. The van der Waals surface area contributed by atoms with Gasteiger partial charge >= 0.3 is 0 Å². The Kier molecular flexibility index (Phi) is 6.72. The first-order chi connectivity index (χ1) is 7.40. The molecule has 0 aromatic rings. The predicted octanol–water partition coefficient (Wildman–Crippen LogP) is 0.0968. The maximum absolute atomic E-state index is 11.6. The zero-order chi connectivity index (χ0) is 12.7. The van der Waals surface area contributed by atoms with Crippen molar-refractivity contribution in [3.63, 3.8) is 0 Å². The maximum atomic E-state index is 11.6. The number of likely N-dealkylation sites (N-methyl/N-ethyl adjacent to an activating group) is 1. The predicted molar refractivity (Wildman–Crippen MR) is 63.8 cm³/mol. The van der Waals surface area contributed by atoms with Gasteiger partial charge in [0.05, 0.1) is 6.04 Å². The fraction of sp³-hybridized carbons (Fsp3) is 0.818. The number of rotatable bonds is 6. The van der Waals surface area contributed by atoms with Crippen LogP contribution >= 0.6 is 0 Å². The molecule has 0 spiro atoms. The quantitative estimate of drug-likeness (QED) is 0.678. The number of hydrogen-bond donors (Lipinski definition) is 2. The van der Waals surface area contributed by atoms with Gasteiger partial charge in [0.15, 0.2) is 0 Å². The minimum atomic E-state index is -0.518. The van der Waals surface area contributed by atoms with Gasteiger partial charge in [0, 0.05) is 14.1 Å². The van der Waals surface area contributed by atoms with Crippen LogP contribution in [-0.2, 0) is 9.59 Å². The molecule has 0 aliphatic heterocycles. The Balaban J connectivity index is 4.08. The maximum Gasteiger partial charge on any atom is 0.244 e. The Labute approximate surface area is 97.4 Å². The Morgan fingerprint density at radius 3 is 2.38 bits per heavy atom. The zero-order valence-corrected chi connectivity index (χ0v) is 10.6. The van der Waals surface area contributed by atoms with Gasteiger partial charge < -0.3 is 16.0 Å². The second-order valence-corrected chi connectivity index (χ2v) is 4.21. The van der Waals surface area contributed by atoms with Crippen molar-refractivity contribution in [1.29, 1.82) is 0 Å². The zero-order valence-electron chi connectivity index (χ0n) is 10.6. The van der Waals surface area contributed by atoms with Crippen LogP contribution in [0.15, 0.2) is 0 Å². The first-order valence-electron chi connectivity index (χ1n) is 5.67. The smallest absolute Gasteiger partial charge is 0.244 e. The molecule has 0 saturated carbocycles. The van der Waals surface area contributed by atoms with Crippen LogP contribution < -0.4 is 11.1 Å². The van der Waals surface area contributed by atoms with E-state index in [0.717, 1.165) is 12.8 Å². The van der Waals surface area contributed by atoms with Crippen LogP contribution in [0.1, 0.15) is 33.1 Å². The van der Waals surface area contributed by atoms with Crippen molar-refractivity contribution in [2.75, 3.05) is 14.1 Å². The van der Waals surface area contributed by atoms with E-state index < -0.39 is 12.1 Å².